The summed E-state index contributed by atoms with van der Waals surface area (Å²) in [5.74, 6) is -0.252. The molecule has 0 bridgehead atoms. The van der Waals surface area contributed by atoms with Crippen molar-refractivity contribution in [2.75, 3.05) is 13.7 Å². The molecule has 0 saturated heterocycles. The highest BCUT2D eigenvalue weighted by molar-refractivity contribution is 9.10. The van der Waals surface area contributed by atoms with Crippen molar-refractivity contribution in [1.82, 2.24) is 4.90 Å². The van der Waals surface area contributed by atoms with Crippen molar-refractivity contribution in [3.63, 3.8) is 0 Å². The summed E-state index contributed by atoms with van der Waals surface area (Å²) < 4.78 is 6.21. The van der Waals surface area contributed by atoms with Crippen LogP contribution in [0, 0.1) is 0 Å². The molecule has 0 aliphatic rings. The van der Waals surface area contributed by atoms with Gasteiger partial charge in [-0.3, -0.25) is 9.59 Å². The molecule has 0 atom stereocenters. The molecule has 0 radical (unpaired) electrons. The van der Waals surface area contributed by atoms with E-state index in [1.54, 1.807) is 36.2 Å². The molecule has 0 unspecified atom stereocenters. The Balaban J connectivity index is 2.05. The number of halogens is 1. The van der Waals surface area contributed by atoms with Crippen LogP contribution in [0.2, 0.25) is 0 Å². The molecule has 2 amide bonds. The first-order chi connectivity index (χ1) is 11.0. The Morgan fingerprint density at radius 2 is 1.87 bits per heavy atom. The highest BCUT2D eigenvalue weighted by Gasteiger charge is 2.13. The van der Waals surface area contributed by atoms with Crippen molar-refractivity contribution >= 4 is 27.7 Å². The maximum atomic E-state index is 12.5. The number of amides is 2. The largest absolute Gasteiger partial charge is 0.484 e. The fraction of sp³-hybridized carbons (Fsp3) is 0.176. The molecule has 2 N–H and O–H groups in total. The number of ether oxygens (including phenoxy) is 1. The molecule has 0 aliphatic heterocycles. The number of rotatable bonds is 6. The molecule has 2 aromatic rings. The SMILES string of the molecule is CN(Cc1ccc(Br)cc1)C(=O)c1cccc(OCC(N)=O)c1. The van der Waals surface area contributed by atoms with Gasteiger partial charge in [0.25, 0.3) is 11.8 Å². The maximum absolute atomic E-state index is 12.5. The van der Waals surface area contributed by atoms with Crippen LogP contribution in [0.15, 0.2) is 53.0 Å². The molecule has 120 valence electrons. The molecule has 2 rings (SSSR count). The van der Waals surface area contributed by atoms with Gasteiger partial charge in [-0.15, -0.1) is 0 Å². The Morgan fingerprint density at radius 3 is 2.52 bits per heavy atom. The van der Waals surface area contributed by atoms with Crippen molar-refractivity contribution in [2.24, 2.45) is 5.73 Å². The van der Waals surface area contributed by atoms with Crippen LogP contribution in [-0.2, 0) is 11.3 Å². The van der Waals surface area contributed by atoms with Gasteiger partial charge in [0.15, 0.2) is 6.61 Å². The normalized spacial score (nSPS) is 10.2. The average Bonchev–Trinajstić information content (AvgIpc) is 2.54. The number of carbonyl (C=O) groups excluding carboxylic acids is 2. The van der Waals surface area contributed by atoms with Crippen LogP contribution < -0.4 is 10.5 Å². The molecule has 23 heavy (non-hydrogen) atoms. The third-order valence-electron chi connectivity index (χ3n) is 3.14. The van der Waals surface area contributed by atoms with E-state index in [4.69, 9.17) is 10.5 Å². The first-order valence-electron chi connectivity index (χ1n) is 6.97. The standard InChI is InChI=1S/C17H17BrN2O3/c1-20(10-12-5-7-14(18)8-6-12)17(22)13-3-2-4-15(9-13)23-11-16(19)21/h2-9H,10-11H2,1H3,(H2,19,21). The van der Waals surface area contributed by atoms with Crippen molar-refractivity contribution in [2.45, 2.75) is 6.54 Å². The minimum absolute atomic E-state index is 0.127. The lowest BCUT2D eigenvalue weighted by atomic mass is 10.1. The van der Waals surface area contributed by atoms with Gasteiger partial charge >= 0.3 is 0 Å². The Labute approximate surface area is 143 Å². The van der Waals surface area contributed by atoms with Crippen LogP contribution in [0.5, 0.6) is 5.75 Å². The molecule has 0 heterocycles. The lowest BCUT2D eigenvalue weighted by molar-refractivity contribution is -0.119. The van der Waals surface area contributed by atoms with E-state index in [0.717, 1.165) is 10.0 Å². The highest BCUT2D eigenvalue weighted by Crippen LogP contribution is 2.16. The van der Waals surface area contributed by atoms with Gasteiger partial charge in [-0.1, -0.05) is 34.1 Å². The summed E-state index contributed by atoms with van der Waals surface area (Å²) in [5.41, 5.74) is 6.57. The van der Waals surface area contributed by atoms with Crippen molar-refractivity contribution < 1.29 is 14.3 Å². The van der Waals surface area contributed by atoms with Gasteiger partial charge in [0.2, 0.25) is 0 Å². The molecule has 0 spiro atoms. The van der Waals surface area contributed by atoms with Gasteiger partial charge in [0.05, 0.1) is 0 Å². The number of primary amides is 1. The molecule has 2 aromatic carbocycles. The first-order valence-corrected chi connectivity index (χ1v) is 7.76. The lowest BCUT2D eigenvalue weighted by Gasteiger charge is -2.18. The Morgan fingerprint density at radius 1 is 1.17 bits per heavy atom. The Kier molecular flexibility index (Phi) is 5.76. The summed E-state index contributed by atoms with van der Waals surface area (Å²) in [4.78, 5) is 24.8. The molecule has 0 aromatic heterocycles. The Hall–Kier alpha value is -2.34. The van der Waals surface area contributed by atoms with Crippen LogP contribution >= 0.6 is 15.9 Å². The third-order valence-corrected chi connectivity index (χ3v) is 3.67. The van der Waals surface area contributed by atoms with Crippen LogP contribution in [0.3, 0.4) is 0 Å². The summed E-state index contributed by atoms with van der Waals surface area (Å²) in [5, 5.41) is 0. The molecule has 0 fully saturated rings. The maximum Gasteiger partial charge on any atom is 0.255 e. The second-order valence-corrected chi connectivity index (χ2v) is 5.99. The minimum atomic E-state index is -0.561. The number of nitrogens with two attached hydrogens (primary N) is 1. The van der Waals surface area contributed by atoms with Crippen molar-refractivity contribution in [1.29, 1.82) is 0 Å². The number of hydrogen-bond donors (Lipinski definition) is 1. The van der Waals surface area contributed by atoms with Gasteiger partial charge in [0, 0.05) is 23.6 Å². The summed E-state index contributed by atoms with van der Waals surface area (Å²) in [7, 11) is 1.74. The van der Waals surface area contributed by atoms with Crippen LogP contribution in [-0.4, -0.2) is 30.4 Å². The monoisotopic (exact) mass is 376 g/mol. The van der Waals surface area contributed by atoms with Crippen molar-refractivity contribution in [3.8, 4) is 5.75 Å². The molecule has 5 nitrogen and oxygen atoms in total. The van der Waals surface area contributed by atoms with E-state index < -0.39 is 5.91 Å². The predicted molar refractivity (Wildman–Crippen MR) is 91.1 cm³/mol. The summed E-state index contributed by atoms with van der Waals surface area (Å²) in [6.07, 6.45) is 0. The second kappa shape index (κ2) is 7.78. The number of benzene rings is 2. The topological polar surface area (TPSA) is 72.6 Å². The van der Waals surface area contributed by atoms with Gasteiger partial charge in [-0.05, 0) is 35.9 Å². The second-order valence-electron chi connectivity index (χ2n) is 5.07. The average molecular weight is 377 g/mol. The molecule has 0 saturated carbocycles. The summed E-state index contributed by atoms with van der Waals surface area (Å²) >= 11 is 3.38. The molecular weight excluding hydrogens is 360 g/mol. The Bertz CT molecular complexity index is 701. The summed E-state index contributed by atoms with van der Waals surface area (Å²) in [6, 6.07) is 14.5. The zero-order valence-electron chi connectivity index (χ0n) is 12.7. The zero-order valence-corrected chi connectivity index (χ0v) is 14.2. The molecule has 6 heteroatoms. The highest BCUT2D eigenvalue weighted by atomic mass is 79.9. The lowest BCUT2D eigenvalue weighted by Crippen LogP contribution is -2.26. The van der Waals surface area contributed by atoms with Gasteiger partial charge in [-0.2, -0.15) is 0 Å². The van der Waals surface area contributed by atoms with Crippen LogP contribution in [0.4, 0.5) is 0 Å². The van der Waals surface area contributed by atoms with E-state index >= 15 is 0 Å². The molecular formula is C17H17BrN2O3. The number of carbonyl (C=O) groups is 2. The van der Waals surface area contributed by atoms with E-state index in [1.807, 2.05) is 24.3 Å². The van der Waals surface area contributed by atoms with Crippen molar-refractivity contribution in [3.05, 3.63) is 64.1 Å². The first kappa shape index (κ1) is 17.0. The number of hydrogen-bond acceptors (Lipinski definition) is 3. The van der Waals surface area contributed by atoms with Gasteiger partial charge in [-0.25, -0.2) is 0 Å². The number of nitrogens with zero attached hydrogens (tertiary/aromatic N) is 1. The fourth-order valence-electron chi connectivity index (χ4n) is 2.03. The van der Waals surface area contributed by atoms with E-state index in [1.165, 1.54) is 0 Å². The van der Waals surface area contributed by atoms with Crippen LogP contribution in [0.1, 0.15) is 15.9 Å². The fourth-order valence-corrected chi connectivity index (χ4v) is 2.29. The minimum Gasteiger partial charge on any atom is -0.484 e. The molecule has 0 aliphatic carbocycles. The predicted octanol–water partition coefficient (Wildman–Crippen LogP) is 2.59. The van der Waals surface area contributed by atoms with E-state index in [9.17, 15) is 9.59 Å². The van der Waals surface area contributed by atoms with Gasteiger partial charge in [0.1, 0.15) is 5.75 Å². The van der Waals surface area contributed by atoms with E-state index in [2.05, 4.69) is 15.9 Å². The van der Waals surface area contributed by atoms with E-state index in [-0.39, 0.29) is 12.5 Å². The van der Waals surface area contributed by atoms with Crippen LogP contribution in [0.25, 0.3) is 0 Å². The van der Waals surface area contributed by atoms with E-state index in [0.29, 0.717) is 17.9 Å². The summed E-state index contributed by atoms with van der Waals surface area (Å²) in [6.45, 7) is 0.283. The van der Waals surface area contributed by atoms with Gasteiger partial charge < -0.3 is 15.4 Å². The third kappa shape index (κ3) is 5.10. The smallest absolute Gasteiger partial charge is 0.255 e. The zero-order chi connectivity index (χ0) is 16.8. The quantitative estimate of drug-likeness (QED) is 0.841.